The summed E-state index contributed by atoms with van der Waals surface area (Å²) in [5.74, 6) is -0.560. The Morgan fingerprint density at radius 1 is 1.43 bits per heavy atom. The molecule has 0 spiro atoms. The molecule has 2 aromatic rings. The Hall–Kier alpha value is -2.01. The molecule has 0 atom stereocenters. The number of hydrogen-bond acceptors (Lipinski definition) is 3. The highest BCUT2D eigenvalue weighted by molar-refractivity contribution is 6.31. The number of benzene rings is 1. The lowest BCUT2D eigenvalue weighted by molar-refractivity contribution is -0.146. The first kappa shape index (κ1) is 13.9. The van der Waals surface area contributed by atoms with E-state index >= 15 is 0 Å². The number of amides is 1. The number of fused-ring (bicyclic) bond motifs is 1. The van der Waals surface area contributed by atoms with Crippen molar-refractivity contribution >= 4 is 34.4 Å². The zero-order valence-electron chi connectivity index (χ0n) is 11.5. The molecule has 0 aliphatic heterocycles. The Bertz CT molecular complexity index is 719. The van der Waals surface area contributed by atoms with Crippen LogP contribution in [0.1, 0.15) is 18.4 Å². The Balaban J connectivity index is 1.74. The minimum atomic E-state index is -0.804. The van der Waals surface area contributed by atoms with Crippen LogP contribution in [0.3, 0.4) is 0 Å². The van der Waals surface area contributed by atoms with Crippen molar-refractivity contribution in [1.82, 2.24) is 10.3 Å². The Labute approximate surface area is 126 Å². The number of rotatable bonds is 4. The van der Waals surface area contributed by atoms with Gasteiger partial charge in [-0.15, -0.1) is 0 Å². The normalized spacial score (nSPS) is 15.7. The van der Waals surface area contributed by atoms with Gasteiger partial charge in [-0.1, -0.05) is 17.7 Å². The quantitative estimate of drug-likeness (QED) is 0.851. The van der Waals surface area contributed by atoms with Gasteiger partial charge in [0, 0.05) is 22.1 Å². The van der Waals surface area contributed by atoms with Gasteiger partial charge in [0.2, 0.25) is 5.91 Å². The number of methoxy groups -OCH3 is 1. The number of esters is 1. The fourth-order valence-electron chi connectivity index (χ4n) is 2.49. The van der Waals surface area contributed by atoms with Crippen molar-refractivity contribution in [3.8, 4) is 0 Å². The second-order valence-corrected chi connectivity index (χ2v) is 5.74. The summed E-state index contributed by atoms with van der Waals surface area (Å²) in [6.45, 7) is 0. The number of aromatic nitrogens is 1. The minimum Gasteiger partial charge on any atom is -0.467 e. The summed E-state index contributed by atoms with van der Waals surface area (Å²) in [5, 5.41) is 4.38. The molecule has 1 aliphatic carbocycles. The average Bonchev–Trinajstić information content (AvgIpc) is 3.14. The van der Waals surface area contributed by atoms with E-state index in [-0.39, 0.29) is 18.3 Å². The maximum Gasteiger partial charge on any atom is 0.331 e. The lowest BCUT2D eigenvalue weighted by atomic mass is 10.1. The summed E-state index contributed by atoms with van der Waals surface area (Å²) >= 11 is 5.93. The van der Waals surface area contributed by atoms with Gasteiger partial charge in [-0.25, -0.2) is 4.79 Å². The molecular weight excluding hydrogens is 292 g/mol. The zero-order valence-corrected chi connectivity index (χ0v) is 12.3. The van der Waals surface area contributed by atoms with Crippen LogP contribution in [-0.4, -0.2) is 29.5 Å². The first-order valence-corrected chi connectivity index (χ1v) is 7.07. The highest BCUT2D eigenvalue weighted by Gasteiger charge is 2.52. The van der Waals surface area contributed by atoms with E-state index < -0.39 is 5.54 Å². The van der Waals surface area contributed by atoms with Gasteiger partial charge in [-0.2, -0.15) is 0 Å². The molecule has 21 heavy (non-hydrogen) atoms. The molecule has 0 unspecified atom stereocenters. The second-order valence-electron chi connectivity index (χ2n) is 5.30. The van der Waals surface area contributed by atoms with Crippen LogP contribution in [0, 0.1) is 0 Å². The lowest BCUT2D eigenvalue weighted by Crippen LogP contribution is -2.44. The maximum atomic E-state index is 12.1. The molecule has 1 saturated carbocycles. The lowest BCUT2D eigenvalue weighted by Gasteiger charge is -2.14. The van der Waals surface area contributed by atoms with Gasteiger partial charge >= 0.3 is 5.97 Å². The first-order valence-electron chi connectivity index (χ1n) is 6.69. The van der Waals surface area contributed by atoms with Crippen LogP contribution in [0.25, 0.3) is 10.9 Å². The van der Waals surface area contributed by atoms with Crippen molar-refractivity contribution in [2.75, 3.05) is 7.11 Å². The average molecular weight is 307 g/mol. The smallest absolute Gasteiger partial charge is 0.331 e. The van der Waals surface area contributed by atoms with Crippen LogP contribution in [0.4, 0.5) is 0 Å². The van der Waals surface area contributed by atoms with Crippen molar-refractivity contribution in [3.05, 3.63) is 35.0 Å². The van der Waals surface area contributed by atoms with Gasteiger partial charge in [0.25, 0.3) is 0 Å². The fraction of sp³-hybridized carbons (Fsp3) is 0.333. The number of halogens is 1. The van der Waals surface area contributed by atoms with Gasteiger partial charge in [0.05, 0.1) is 13.5 Å². The molecule has 1 amide bonds. The monoisotopic (exact) mass is 306 g/mol. The van der Waals surface area contributed by atoms with E-state index in [2.05, 4.69) is 10.3 Å². The Kier molecular flexibility index (Phi) is 3.37. The molecule has 5 nitrogen and oxygen atoms in total. The minimum absolute atomic E-state index is 0.186. The molecule has 0 bridgehead atoms. The SMILES string of the molecule is COC(=O)C1(NC(=O)Cc2c[nH]c3cc(Cl)ccc23)CC1. The van der Waals surface area contributed by atoms with E-state index in [4.69, 9.17) is 16.3 Å². The number of nitrogens with one attached hydrogen (secondary N) is 2. The number of carbonyl (C=O) groups excluding carboxylic acids is 2. The predicted octanol–water partition coefficient (Wildman–Crippen LogP) is 2.19. The Morgan fingerprint density at radius 3 is 2.86 bits per heavy atom. The Morgan fingerprint density at radius 2 is 2.19 bits per heavy atom. The number of hydrogen-bond donors (Lipinski definition) is 2. The summed E-state index contributed by atoms with van der Waals surface area (Å²) in [5.41, 5.74) is 0.959. The number of aromatic amines is 1. The largest absolute Gasteiger partial charge is 0.467 e. The summed E-state index contributed by atoms with van der Waals surface area (Å²) in [4.78, 5) is 26.9. The summed E-state index contributed by atoms with van der Waals surface area (Å²) in [6.07, 6.45) is 3.27. The molecule has 110 valence electrons. The molecule has 0 saturated heterocycles. The third-order valence-corrected chi connectivity index (χ3v) is 4.02. The topological polar surface area (TPSA) is 71.2 Å². The van der Waals surface area contributed by atoms with Crippen LogP contribution in [0.2, 0.25) is 5.02 Å². The highest BCUT2D eigenvalue weighted by Crippen LogP contribution is 2.36. The molecule has 1 aromatic heterocycles. The third-order valence-electron chi connectivity index (χ3n) is 3.79. The molecule has 3 rings (SSSR count). The van der Waals surface area contributed by atoms with Crippen LogP contribution < -0.4 is 5.32 Å². The summed E-state index contributed by atoms with van der Waals surface area (Å²) < 4.78 is 4.72. The standard InChI is InChI=1S/C15H15ClN2O3/c1-21-14(20)15(4-5-15)18-13(19)6-9-8-17-12-7-10(16)2-3-11(9)12/h2-3,7-8,17H,4-6H2,1H3,(H,18,19). The van der Waals surface area contributed by atoms with Crippen molar-refractivity contribution in [2.24, 2.45) is 0 Å². The van der Waals surface area contributed by atoms with Crippen molar-refractivity contribution in [2.45, 2.75) is 24.8 Å². The van der Waals surface area contributed by atoms with E-state index in [0.717, 1.165) is 16.5 Å². The fourth-order valence-corrected chi connectivity index (χ4v) is 2.66. The molecule has 2 N–H and O–H groups in total. The van der Waals surface area contributed by atoms with E-state index in [0.29, 0.717) is 17.9 Å². The van der Waals surface area contributed by atoms with Gasteiger partial charge in [0.15, 0.2) is 0 Å². The third kappa shape index (κ3) is 2.61. The van der Waals surface area contributed by atoms with E-state index in [9.17, 15) is 9.59 Å². The van der Waals surface area contributed by atoms with E-state index in [1.54, 1.807) is 12.3 Å². The zero-order chi connectivity index (χ0) is 15.0. The van der Waals surface area contributed by atoms with Crippen molar-refractivity contribution < 1.29 is 14.3 Å². The molecule has 0 radical (unpaired) electrons. The van der Waals surface area contributed by atoms with Gasteiger partial charge in [-0.05, 0) is 30.5 Å². The van der Waals surface area contributed by atoms with Gasteiger partial charge < -0.3 is 15.0 Å². The number of carbonyl (C=O) groups is 2. The predicted molar refractivity (Wildman–Crippen MR) is 79.1 cm³/mol. The van der Waals surface area contributed by atoms with E-state index in [1.807, 2.05) is 12.1 Å². The van der Waals surface area contributed by atoms with Crippen LogP contribution >= 0.6 is 11.6 Å². The van der Waals surface area contributed by atoms with Crippen molar-refractivity contribution in [1.29, 1.82) is 0 Å². The van der Waals surface area contributed by atoms with Gasteiger partial charge in [-0.3, -0.25) is 4.79 Å². The molecule has 6 heteroatoms. The van der Waals surface area contributed by atoms with Crippen LogP contribution in [-0.2, 0) is 20.7 Å². The molecule has 1 heterocycles. The molecular formula is C15H15ClN2O3. The number of ether oxygens (including phenoxy) is 1. The van der Waals surface area contributed by atoms with E-state index in [1.165, 1.54) is 7.11 Å². The van der Waals surface area contributed by atoms with Crippen LogP contribution in [0.15, 0.2) is 24.4 Å². The second kappa shape index (κ2) is 5.07. The summed E-state index contributed by atoms with van der Waals surface area (Å²) in [7, 11) is 1.33. The van der Waals surface area contributed by atoms with Gasteiger partial charge in [0.1, 0.15) is 5.54 Å². The first-order chi connectivity index (χ1) is 10.0. The molecule has 1 aromatic carbocycles. The van der Waals surface area contributed by atoms with Crippen molar-refractivity contribution in [3.63, 3.8) is 0 Å². The number of H-pyrrole nitrogens is 1. The molecule has 1 fully saturated rings. The molecule has 1 aliphatic rings. The summed E-state index contributed by atoms with van der Waals surface area (Å²) in [6, 6.07) is 5.48. The maximum absolute atomic E-state index is 12.1. The highest BCUT2D eigenvalue weighted by atomic mass is 35.5. The van der Waals surface area contributed by atoms with Crippen LogP contribution in [0.5, 0.6) is 0 Å².